The van der Waals surface area contributed by atoms with E-state index in [1.807, 2.05) is 64.3 Å². The number of benzene rings is 1. The first-order chi connectivity index (χ1) is 14.1. The van der Waals surface area contributed by atoms with Crippen LogP contribution in [-0.2, 0) is 7.05 Å². The Hall–Kier alpha value is -3.25. The molecule has 0 aliphatic rings. The highest BCUT2D eigenvalue weighted by Gasteiger charge is 2.15. The summed E-state index contributed by atoms with van der Waals surface area (Å²) in [6, 6.07) is 9.65. The van der Waals surface area contributed by atoms with Crippen molar-refractivity contribution in [1.82, 2.24) is 24.7 Å². The van der Waals surface area contributed by atoms with Crippen molar-refractivity contribution in [1.29, 1.82) is 0 Å². The number of hydrogen-bond acceptors (Lipinski definition) is 5. The molecule has 1 aromatic carbocycles. The topological polar surface area (TPSA) is 69.6 Å². The first-order valence-corrected chi connectivity index (χ1v) is 9.78. The molecule has 0 saturated carbocycles. The van der Waals surface area contributed by atoms with Gasteiger partial charge in [-0.3, -0.25) is 9.67 Å². The number of fused-ring (bicyclic) bond motifs is 2. The highest BCUT2D eigenvalue weighted by Crippen LogP contribution is 2.33. The zero-order valence-electron chi connectivity index (χ0n) is 16.6. The quantitative estimate of drug-likeness (QED) is 0.346. The van der Waals surface area contributed by atoms with Gasteiger partial charge in [-0.15, -0.1) is 0 Å². The van der Waals surface area contributed by atoms with Gasteiger partial charge in [-0.2, -0.15) is 5.10 Å². The number of hydrogen-bond donors (Lipinski definition) is 0. The molecular formula is C22H20ClN5O. The minimum atomic E-state index is 0.419. The highest BCUT2D eigenvalue weighted by molar-refractivity contribution is 6.30. The summed E-state index contributed by atoms with van der Waals surface area (Å²) in [4.78, 5) is 13.3. The van der Waals surface area contributed by atoms with Crippen molar-refractivity contribution in [3.63, 3.8) is 0 Å². The molecule has 0 atom stereocenters. The lowest BCUT2D eigenvalue weighted by atomic mass is 10.1. The fraction of sp³-hybridized carbons (Fsp3) is 0.182. The zero-order chi connectivity index (χ0) is 20.5. The van der Waals surface area contributed by atoms with E-state index in [1.165, 1.54) is 0 Å². The molecule has 0 saturated heterocycles. The average molecular weight is 406 g/mol. The van der Waals surface area contributed by atoms with Crippen molar-refractivity contribution in [3.05, 3.63) is 59.8 Å². The fourth-order valence-electron chi connectivity index (χ4n) is 3.18. The zero-order valence-corrected chi connectivity index (χ0v) is 17.4. The Morgan fingerprint density at radius 1 is 1.00 bits per heavy atom. The van der Waals surface area contributed by atoms with Crippen LogP contribution in [0.1, 0.15) is 19.5 Å². The normalized spacial score (nSPS) is 10.9. The van der Waals surface area contributed by atoms with E-state index in [0.717, 1.165) is 38.8 Å². The lowest BCUT2D eigenvalue weighted by Crippen LogP contribution is -1.90. The SMILES string of the molecule is CC.Cc1ncc(-c2nc3cc(-c4ccn(C)n4)ccc3o2)c2cc(Cl)ncc12. The minimum absolute atomic E-state index is 0.419. The molecule has 0 fully saturated rings. The van der Waals surface area contributed by atoms with Crippen LogP contribution in [0.3, 0.4) is 0 Å². The molecule has 5 rings (SSSR count). The van der Waals surface area contributed by atoms with Crippen LogP contribution in [0.15, 0.2) is 53.3 Å². The van der Waals surface area contributed by atoms with Crippen molar-refractivity contribution in [2.45, 2.75) is 20.8 Å². The number of nitrogens with zero attached hydrogens (tertiary/aromatic N) is 5. The number of halogens is 1. The summed E-state index contributed by atoms with van der Waals surface area (Å²) >= 11 is 6.11. The van der Waals surface area contributed by atoms with E-state index in [9.17, 15) is 0 Å². The van der Waals surface area contributed by atoms with Crippen LogP contribution >= 0.6 is 11.6 Å². The molecule has 29 heavy (non-hydrogen) atoms. The smallest absolute Gasteiger partial charge is 0.229 e. The fourth-order valence-corrected chi connectivity index (χ4v) is 3.34. The molecule has 0 bridgehead atoms. The van der Waals surface area contributed by atoms with Gasteiger partial charge in [-0.1, -0.05) is 25.4 Å². The molecule has 7 heteroatoms. The van der Waals surface area contributed by atoms with E-state index >= 15 is 0 Å². The molecular weight excluding hydrogens is 386 g/mol. The third-order valence-electron chi connectivity index (χ3n) is 4.57. The molecule has 0 amide bonds. The van der Waals surface area contributed by atoms with E-state index in [-0.39, 0.29) is 0 Å². The summed E-state index contributed by atoms with van der Waals surface area (Å²) in [7, 11) is 1.89. The maximum absolute atomic E-state index is 6.11. The van der Waals surface area contributed by atoms with E-state index in [0.29, 0.717) is 16.6 Å². The van der Waals surface area contributed by atoms with Crippen molar-refractivity contribution in [2.24, 2.45) is 7.05 Å². The maximum atomic E-state index is 6.11. The van der Waals surface area contributed by atoms with E-state index in [4.69, 9.17) is 16.0 Å². The number of pyridine rings is 2. The molecule has 0 aliphatic carbocycles. The van der Waals surface area contributed by atoms with Crippen LogP contribution in [0.25, 0.3) is 44.6 Å². The van der Waals surface area contributed by atoms with Crippen molar-refractivity contribution in [2.75, 3.05) is 0 Å². The summed E-state index contributed by atoms with van der Waals surface area (Å²) in [5.41, 5.74) is 5.02. The Bertz CT molecular complexity index is 1320. The monoisotopic (exact) mass is 405 g/mol. The summed E-state index contributed by atoms with van der Waals surface area (Å²) in [6.07, 6.45) is 5.40. The molecule has 6 nitrogen and oxygen atoms in total. The van der Waals surface area contributed by atoms with Crippen LogP contribution in [0, 0.1) is 6.92 Å². The van der Waals surface area contributed by atoms with Gasteiger partial charge in [0.15, 0.2) is 5.58 Å². The minimum Gasteiger partial charge on any atom is -0.436 e. The van der Waals surface area contributed by atoms with Gasteiger partial charge in [-0.05, 0) is 37.3 Å². The summed E-state index contributed by atoms with van der Waals surface area (Å²) < 4.78 is 7.77. The van der Waals surface area contributed by atoms with Gasteiger partial charge in [0.25, 0.3) is 0 Å². The third kappa shape index (κ3) is 3.47. The van der Waals surface area contributed by atoms with Gasteiger partial charge in [0.05, 0.1) is 11.3 Å². The lowest BCUT2D eigenvalue weighted by molar-refractivity contribution is 0.620. The molecule has 0 aliphatic heterocycles. The summed E-state index contributed by atoms with van der Waals surface area (Å²) in [5, 5.41) is 6.70. The van der Waals surface area contributed by atoms with Crippen molar-refractivity contribution < 1.29 is 4.42 Å². The average Bonchev–Trinajstić information content (AvgIpc) is 3.35. The third-order valence-corrected chi connectivity index (χ3v) is 4.77. The van der Waals surface area contributed by atoms with Gasteiger partial charge in [0, 0.05) is 47.7 Å². The molecule has 0 spiro atoms. The lowest BCUT2D eigenvalue weighted by Gasteiger charge is -2.05. The predicted molar refractivity (Wildman–Crippen MR) is 116 cm³/mol. The number of aromatic nitrogens is 5. The van der Waals surface area contributed by atoms with Crippen LogP contribution in [0.5, 0.6) is 0 Å². The first-order valence-electron chi connectivity index (χ1n) is 9.40. The van der Waals surface area contributed by atoms with Gasteiger partial charge < -0.3 is 4.42 Å². The molecule has 146 valence electrons. The number of aryl methyl sites for hydroxylation is 2. The molecule has 0 N–H and O–H groups in total. The second kappa shape index (κ2) is 7.64. The Morgan fingerprint density at radius 2 is 1.83 bits per heavy atom. The Labute approximate surface area is 173 Å². The van der Waals surface area contributed by atoms with Gasteiger partial charge in [-0.25, -0.2) is 9.97 Å². The van der Waals surface area contributed by atoms with Crippen molar-refractivity contribution in [3.8, 4) is 22.7 Å². The summed E-state index contributed by atoms with van der Waals surface area (Å²) in [5.74, 6) is 0.503. The molecule has 4 heterocycles. The maximum Gasteiger partial charge on any atom is 0.229 e. The standard InChI is InChI=1S/C20H14ClN5O.C2H6/c1-11-14-9-23-19(21)8-13(14)15(10-22-11)20-24-17-7-12(3-4-18(17)27-20)16-5-6-26(2)25-16;1-2/h3-10H,1-2H3;1-2H3. The van der Waals surface area contributed by atoms with Gasteiger partial charge >= 0.3 is 0 Å². The number of rotatable bonds is 2. The van der Waals surface area contributed by atoms with Crippen LogP contribution in [0.2, 0.25) is 5.15 Å². The second-order valence-electron chi connectivity index (χ2n) is 6.39. The molecule has 0 unspecified atom stereocenters. The predicted octanol–water partition coefficient (Wildman–Crippen LogP) is 5.83. The van der Waals surface area contributed by atoms with E-state index in [1.54, 1.807) is 17.1 Å². The summed E-state index contributed by atoms with van der Waals surface area (Å²) in [6.45, 7) is 5.94. The van der Waals surface area contributed by atoms with Crippen LogP contribution < -0.4 is 0 Å². The molecule has 4 aromatic heterocycles. The van der Waals surface area contributed by atoms with E-state index < -0.39 is 0 Å². The Morgan fingerprint density at radius 3 is 2.59 bits per heavy atom. The number of oxazole rings is 1. The highest BCUT2D eigenvalue weighted by atomic mass is 35.5. The van der Waals surface area contributed by atoms with Gasteiger partial charge in [0.2, 0.25) is 5.89 Å². The van der Waals surface area contributed by atoms with E-state index in [2.05, 4.69) is 20.1 Å². The first kappa shape index (κ1) is 19.1. The van der Waals surface area contributed by atoms with Crippen LogP contribution in [-0.4, -0.2) is 24.7 Å². The van der Waals surface area contributed by atoms with Crippen LogP contribution in [0.4, 0.5) is 0 Å². The molecule has 0 radical (unpaired) electrons. The Balaban J connectivity index is 0.000000994. The second-order valence-corrected chi connectivity index (χ2v) is 6.77. The largest absolute Gasteiger partial charge is 0.436 e. The van der Waals surface area contributed by atoms with Crippen molar-refractivity contribution >= 4 is 33.5 Å². The van der Waals surface area contributed by atoms with Gasteiger partial charge in [0.1, 0.15) is 10.7 Å². The Kier molecular flexibility index (Phi) is 5.03. The molecule has 5 aromatic rings.